The molecule has 6 heteroatoms. The summed E-state index contributed by atoms with van der Waals surface area (Å²) in [7, 11) is 0. The van der Waals surface area contributed by atoms with Gasteiger partial charge in [-0.05, 0) is 62.6 Å². The number of nitrogens with zero attached hydrogens (tertiary/aromatic N) is 1. The molecule has 1 unspecified atom stereocenters. The molecule has 1 atom stereocenters. The van der Waals surface area contributed by atoms with Crippen molar-refractivity contribution < 1.29 is 18.7 Å². The van der Waals surface area contributed by atoms with Gasteiger partial charge in [-0.15, -0.1) is 0 Å². The first kappa shape index (κ1) is 15.9. The first-order valence-electron chi connectivity index (χ1n) is 7.67. The van der Waals surface area contributed by atoms with Gasteiger partial charge in [-0.2, -0.15) is 0 Å². The molecule has 3 heterocycles. The van der Waals surface area contributed by atoms with Crippen LogP contribution in [0.4, 0.5) is 0 Å². The van der Waals surface area contributed by atoms with Crippen LogP contribution in [0.2, 0.25) is 5.22 Å². The molecule has 5 nitrogen and oxygen atoms in total. The van der Waals surface area contributed by atoms with Gasteiger partial charge in [-0.1, -0.05) is 0 Å². The van der Waals surface area contributed by atoms with E-state index in [1.807, 2.05) is 24.5 Å². The number of carbonyl (C=O) groups excluding carboxylic acids is 2. The van der Waals surface area contributed by atoms with Crippen molar-refractivity contribution in [2.45, 2.75) is 45.3 Å². The molecule has 122 valence electrons. The van der Waals surface area contributed by atoms with E-state index < -0.39 is 0 Å². The number of hydrogen-bond acceptors (Lipinski definition) is 4. The van der Waals surface area contributed by atoms with E-state index in [1.165, 1.54) is 6.07 Å². The van der Waals surface area contributed by atoms with Gasteiger partial charge in [0, 0.05) is 12.2 Å². The number of halogens is 1. The Hall–Kier alpha value is -2.01. The number of furan rings is 1. The first-order valence-corrected chi connectivity index (χ1v) is 8.05. The highest BCUT2D eigenvalue weighted by Gasteiger charge is 2.31. The van der Waals surface area contributed by atoms with Crippen molar-refractivity contribution in [3.8, 4) is 0 Å². The molecule has 0 bridgehead atoms. The van der Waals surface area contributed by atoms with Gasteiger partial charge in [0.25, 0.3) is 0 Å². The lowest BCUT2D eigenvalue weighted by atomic mass is 9.96. The Labute approximate surface area is 139 Å². The number of hydrogen-bond donors (Lipinski definition) is 0. The van der Waals surface area contributed by atoms with Gasteiger partial charge in [-0.25, -0.2) is 0 Å². The van der Waals surface area contributed by atoms with Crippen molar-refractivity contribution in [1.29, 1.82) is 0 Å². The lowest BCUT2D eigenvalue weighted by molar-refractivity contribution is -0.149. The van der Waals surface area contributed by atoms with Crippen molar-refractivity contribution in [1.82, 2.24) is 4.57 Å². The highest BCUT2D eigenvalue weighted by atomic mass is 35.5. The van der Waals surface area contributed by atoms with Crippen LogP contribution in [0.1, 0.15) is 54.5 Å². The molecule has 23 heavy (non-hydrogen) atoms. The van der Waals surface area contributed by atoms with E-state index in [9.17, 15) is 9.59 Å². The van der Waals surface area contributed by atoms with Crippen LogP contribution >= 0.6 is 11.6 Å². The van der Waals surface area contributed by atoms with E-state index in [0.717, 1.165) is 18.5 Å². The average molecular weight is 336 g/mol. The van der Waals surface area contributed by atoms with Crippen LogP contribution < -0.4 is 0 Å². The molecule has 0 aliphatic carbocycles. The third-order valence-corrected chi connectivity index (χ3v) is 4.12. The molecule has 0 saturated heterocycles. The van der Waals surface area contributed by atoms with Gasteiger partial charge in [0.05, 0.1) is 17.7 Å². The molecule has 0 amide bonds. The van der Waals surface area contributed by atoms with Crippen molar-refractivity contribution in [3.05, 3.63) is 46.6 Å². The quantitative estimate of drug-likeness (QED) is 0.630. The minimum Gasteiger partial charge on any atom is -0.462 e. The molecule has 0 aromatic carbocycles. The number of ether oxygens (including phenoxy) is 1. The van der Waals surface area contributed by atoms with E-state index in [-0.39, 0.29) is 34.8 Å². The fourth-order valence-electron chi connectivity index (χ4n) is 2.95. The fourth-order valence-corrected chi connectivity index (χ4v) is 3.10. The summed E-state index contributed by atoms with van der Waals surface area (Å²) in [5.74, 6) is -0.601. The molecule has 1 aliphatic heterocycles. The molecule has 0 saturated carbocycles. The van der Waals surface area contributed by atoms with Gasteiger partial charge < -0.3 is 13.7 Å². The lowest BCUT2D eigenvalue weighted by Gasteiger charge is -2.25. The Kier molecular flexibility index (Phi) is 4.31. The summed E-state index contributed by atoms with van der Waals surface area (Å²) >= 11 is 5.74. The van der Waals surface area contributed by atoms with Crippen LogP contribution in [0.25, 0.3) is 0 Å². The largest absolute Gasteiger partial charge is 0.462 e. The highest BCUT2D eigenvalue weighted by Crippen LogP contribution is 2.32. The summed E-state index contributed by atoms with van der Waals surface area (Å²) in [5.41, 5.74) is 1.33. The Bertz CT molecular complexity index is 744. The Balaban J connectivity index is 1.91. The number of ketones is 1. The number of rotatable bonds is 4. The minimum atomic E-state index is -0.326. The molecule has 2 aromatic rings. The van der Waals surface area contributed by atoms with E-state index in [2.05, 4.69) is 0 Å². The number of esters is 1. The van der Waals surface area contributed by atoms with Crippen LogP contribution in [0.15, 0.2) is 28.7 Å². The van der Waals surface area contributed by atoms with Crippen LogP contribution in [0.5, 0.6) is 0 Å². The molecular formula is C17H18ClNO4. The van der Waals surface area contributed by atoms with Crippen molar-refractivity contribution >= 4 is 23.4 Å². The smallest absolute Gasteiger partial charge is 0.315 e. The van der Waals surface area contributed by atoms with E-state index in [4.69, 9.17) is 20.8 Å². The predicted molar refractivity (Wildman–Crippen MR) is 84.8 cm³/mol. The summed E-state index contributed by atoms with van der Waals surface area (Å²) in [5, 5.41) is 0.178. The summed E-state index contributed by atoms with van der Waals surface area (Å²) < 4.78 is 12.4. The molecule has 0 fully saturated rings. The summed E-state index contributed by atoms with van der Waals surface area (Å²) in [6.07, 6.45) is 1.40. The second-order valence-electron chi connectivity index (χ2n) is 5.91. The Morgan fingerprint density at radius 1 is 1.30 bits per heavy atom. The van der Waals surface area contributed by atoms with E-state index in [0.29, 0.717) is 12.2 Å². The highest BCUT2D eigenvalue weighted by molar-refractivity contribution is 6.29. The van der Waals surface area contributed by atoms with Crippen LogP contribution in [0, 0.1) is 0 Å². The molecule has 0 spiro atoms. The second kappa shape index (κ2) is 6.24. The third kappa shape index (κ3) is 3.06. The summed E-state index contributed by atoms with van der Waals surface area (Å²) in [4.78, 5) is 24.8. The Morgan fingerprint density at radius 2 is 2.09 bits per heavy atom. The predicted octanol–water partition coefficient (Wildman–Crippen LogP) is 3.79. The normalized spacial score (nSPS) is 17.1. The van der Waals surface area contributed by atoms with Gasteiger partial charge >= 0.3 is 5.97 Å². The van der Waals surface area contributed by atoms with Gasteiger partial charge in [0.1, 0.15) is 0 Å². The Morgan fingerprint density at radius 3 is 2.74 bits per heavy atom. The standard InChI is InChI=1S/C17H18ClNO4/c1-10(2)22-17(21)11-4-3-9-19-12(11)5-6-13(19)16(20)14-7-8-15(18)23-14/h5-8,10-11H,3-4,9H2,1-2H3. The average Bonchev–Trinajstić information content (AvgIpc) is 3.11. The summed E-state index contributed by atoms with van der Waals surface area (Å²) in [6, 6.07) is 6.65. The van der Waals surface area contributed by atoms with E-state index in [1.54, 1.807) is 12.1 Å². The lowest BCUT2D eigenvalue weighted by Crippen LogP contribution is -2.27. The molecule has 0 radical (unpaired) electrons. The zero-order valence-corrected chi connectivity index (χ0v) is 13.8. The summed E-state index contributed by atoms with van der Waals surface area (Å²) in [6.45, 7) is 4.36. The second-order valence-corrected chi connectivity index (χ2v) is 6.28. The SMILES string of the molecule is CC(C)OC(=O)C1CCCn2c(C(=O)c3ccc(Cl)o3)ccc21. The van der Waals surface area contributed by atoms with Crippen LogP contribution in [-0.4, -0.2) is 22.4 Å². The van der Waals surface area contributed by atoms with Crippen molar-refractivity contribution in [3.63, 3.8) is 0 Å². The molecule has 1 aliphatic rings. The first-order chi connectivity index (χ1) is 11.0. The van der Waals surface area contributed by atoms with Crippen molar-refractivity contribution in [2.24, 2.45) is 0 Å². The van der Waals surface area contributed by atoms with Crippen LogP contribution in [0.3, 0.4) is 0 Å². The number of carbonyl (C=O) groups is 2. The van der Waals surface area contributed by atoms with Crippen molar-refractivity contribution in [2.75, 3.05) is 0 Å². The van der Waals surface area contributed by atoms with E-state index >= 15 is 0 Å². The molecule has 2 aromatic heterocycles. The maximum Gasteiger partial charge on any atom is 0.315 e. The molecule has 3 rings (SSSR count). The van der Waals surface area contributed by atoms with Gasteiger partial charge in [-0.3, -0.25) is 9.59 Å². The maximum atomic E-state index is 12.6. The number of fused-ring (bicyclic) bond motifs is 1. The maximum absolute atomic E-state index is 12.6. The monoisotopic (exact) mass is 335 g/mol. The molecular weight excluding hydrogens is 318 g/mol. The fraction of sp³-hybridized carbons (Fsp3) is 0.412. The topological polar surface area (TPSA) is 61.4 Å². The van der Waals surface area contributed by atoms with Crippen LogP contribution in [-0.2, 0) is 16.1 Å². The molecule has 0 N–H and O–H groups in total. The number of aromatic nitrogens is 1. The minimum absolute atomic E-state index is 0.154. The van der Waals surface area contributed by atoms with Gasteiger partial charge in [0.2, 0.25) is 5.78 Å². The zero-order valence-electron chi connectivity index (χ0n) is 13.0. The third-order valence-electron chi connectivity index (χ3n) is 3.91. The van der Waals surface area contributed by atoms with Gasteiger partial charge in [0.15, 0.2) is 11.0 Å². The zero-order chi connectivity index (χ0) is 16.6.